The predicted molar refractivity (Wildman–Crippen MR) is 137 cm³/mol. The normalized spacial score (nSPS) is 23.6. The van der Waals surface area contributed by atoms with Crippen molar-refractivity contribution >= 4 is 23.2 Å². The molecule has 1 amide bonds. The second kappa shape index (κ2) is 11.2. The van der Waals surface area contributed by atoms with Gasteiger partial charge in [-0.05, 0) is 85.5 Å². The zero-order valence-electron chi connectivity index (χ0n) is 20.0. The highest BCUT2D eigenvalue weighted by Crippen LogP contribution is 2.29. The molecule has 5 rings (SSSR count). The van der Waals surface area contributed by atoms with Crippen LogP contribution in [0.5, 0.6) is 0 Å². The fourth-order valence-corrected chi connectivity index (χ4v) is 6.08. The van der Waals surface area contributed by atoms with E-state index in [-0.39, 0.29) is 5.91 Å². The van der Waals surface area contributed by atoms with Crippen LogP contribution in [-0.4, -0.2) is 61.1 Å². The molecule has 1 aliphatic carbocycles. The zero-order valence-corrected chi connectivity index (χ0v) is 20.7. The van der Waals surface area contributed by atoms with E-state index in [0.717, 1.165) is 75.9 Å². The summed E-state index contributed by atoms with van der Waals surface area (Å²) in [4.78, 5) is 18.0. The molecule has 2 heterocycles. The summed E-state index contributed by atoms with van der Waals surface area (Å²) >= 11 is 6.07. The van der Waals surface area contributed by atoms with Crippen molar-refractivity contribution in [3.63, 3.8) is 0 Å². The number of fused-ring (bicyclic) bond motifs is 1. The van der Waals surface area contributed by atoms with Gasteiger partial charge in [-0.2, -0.15) is 0 Å². The van der Waals surface area contributed by atoms with E-state index in [1.807, 2.05) is 12.1 Å². The van der Waals surface area contributed by atoms with Crippen molar-refractivity contribution in [2.75, 3.05) is 44.7 Å². The Balaban J connectivity index is 1.20. The van der Waals surface area contributed by atoms with Gasteiger partial charge in [0.25, 0.3) is 0 Å². The van der Waals surface area contributed by atoms with Gasteiger partial charge in [-0.1, -0.05) is 29.8 Å². The van der Waals surface area contributed by atoms with Crippen LogP contribution in [0, 0.1) is 5.92 Å². The van der Waals surface area contributed by atoms with E-state index in [1.165, 1.54) is 29.5 Å². The van der Waals surface area contributed by atoms with Gasteiger partial charge in [0, 0.05) is 49.4 Å². The number of ether oxygens (including phenoxy) is 1. The molecule has 0 unspecified atom stereocenters. The van der Waals surface area contributed by atoms with E-state index < -0.39 is 0 Å². The van der Waals surface area contributed by atoms with Crippen molar-refractivity contribution in [2.24, 2.45) is 5.92 Å². The number of carbonyl (C=O) groups excluding carboxylic acids is 1. The number of halogens is 1. The van der Waals surface area contributed by atoms with Gasteiger partial charge in [0.15, 0.2) is 0 Å². The van der Waals surface area contributed by atoms with E-state index in [9.17, 15) is 4.79 Å². The highest BCUT2D eigenvalue weighted by atomic mass is 35.5. The van der Waals surface area contributed by atoms with Crippen LogP contribution in [0.1, 0.15) is 42.4 Å². The largest absolute Gasteiger partial charge is 0.379 e. The molecular formula is C28H36ClN3O2. The molecule has 2 fully saturated rings. The first-order valence-corrected chi connectivity index (χ1v) is 13.2. The molecule has 2 atom stereocenters. The van der Waals surface area contributed by atoms with Gasteiger partial charge >= 0.3 is 0 Å². The second-order valence-corrected chi connectivity index (χ2v) is 10.5. The molecule has 2 aliphatic heterocycles. The summed E-state index contributed by atoms with van der Waals surface area (Å²) in [5.74, 6) is 0.610. The Morgan fingerprint density at radius 1 is 1.03 bits per heavy atom. The second-order valence-electron chi connectivity index (χ2n) is 10.0. The lowest BCUT2D eigenvalue weighted by Crippen LogP contribution is -2.53. The van der Waals surface area contributed by atoms with Gasteiger partial charge in [0.05, 0.1) is 13.2 Å². The summed E-state index contributed by atoms with van der Waals surface area (Å²) in [6.07, 6.45) is 6.15. The van der Waals surface area contributed by atoms with Crippen LogP contribution in [0.25, 0.3) is 0 Å². The molecule has 0 bridgehead atoms. The number of rotatable bonds is 7. The van der Waals surface area contributed by atoms with Crippen LogP contribution < -0.4 is 5.32 Å². The summed E-state index contributed by atoms with van der Waals surface area (Å²) in [5.41, 5.74) is 5.08. The molecule has 5 nitrogen and oxygen atoms in total. The lowest BCUT2D eigenvalue weighted by atomic mass is 9.86. The monoisotopic (exact) mass is 481 g/mol. The number of anilines is 1. The maximum absolute atomic E-state index is 12.9. The Bertz CT molecular complexity index is 974. The Labute approximate surface area is 208 Å². The number of aryl methyl sites for hydroxylation is 2. The number of hydrogen-bond acceptors (Lipinski definition) is 4. The molecule has 3 aliphatic rings. The predicted octanol–water partition coefficient (Wildman–Crippen LogP) is 4.77. The molecule has 1 N–H and O–H groups in total. The van der Waals surface area contributed by atoms with Crippen molar-refractivity contribution in [3.05, 3.63) is 64.2 Å². The Morgan fingerprint density at radius 2 is 1.82 bits per heavy atom. The van der Waals surface area contributed by atoms with Gasteiger partial charge in [0.2, 0.25) is 5.91 Å². The van der Waals surface area contributed by atoms with Gasteiger partial charge in [-0.15, -0.1) is 0 Å². The lowest BCUT2D eigenvalue weighted by molar-refractivity contribution is -0.116. The topological polar surface area (TPSA) is 44.8 Å². The zero-order chi connectivity index (χ0) is 23.3. The maximum atomic E-state index is 12.9. The van der Waals surface area contributed by atoms with Crippen LogP contribution in [0.3, 0.4) is 0 Å². The third-order valence-corrected chi connectivity index (χ3v) is 7.99. The molecule has 182 valence electrons. The summed E-state index contributed by atoms with van der Waals surface area (Å²) in [7, 11) is 0. The van der Waals surface area contributed by atoms with Crippen LogP contribution >= 0.6 is 11.6 Å². The third kappa shape index (κ3) is 6.01. The summed E-state index contributed by atoms with van der Waals surface area (Å²) in [6.45, 7) is 6.68. The molecule has 0 aromatic heterocycles. The number of amides is 1. The molecule has 2 saturated heterocycles. The Hall–Kier alpha value is -1.92. The van der Waals surface area contributed by atoms with Crippen LogP contribution in [0.2, 0.25) is 5.02 Å². The van der Waals surface area contributed by atoms with Crippen molar-refractivity contribution < 1.29 is 9.53 Å². The lowest BCUT2D eigenvalue weighted by Gasteiger charge is -2.45. The van der Waals surface area contributed by atoms with Crippen LogP contribution in [-0.2, 0) is 28.9 Å². The molecular weight excluding hydrogens is 446 g/mol. The smallest absolute Gasteiger partial charge is 0.224 e. The SMILES string of the molecule is O=C(CC[C@@H]1CN(Cc2ccc(Cl)cc2)CC[C@@H]1N1CCOCC1)Nc1ccc2c(c1)CCC2. The molecule has 0 spiro atoms. The summed E-state index contributed by atoms with van der Waals surface area (Å²) in [5, 5.41) is 3.94. The van der Waals surface area contributed by atoms with Crippen LogP contribution in [0.4, 0.5) is 5.69 Å². The number of nitrogens with one attached hydrogen (secondary N) is 1. The molecule has 0 radical (unpaired) electrons. The quantitative estimate of drug-likeness (QED) is 0.618. The average Bonchev–Trinajstić information content (AvgIpc) is 3.33. The van der Waals surface area contributed by atoms with Crippen molar-refractivity contribution in [2.45, 2.75) is 51.1 Å². The fraction of sp³-hybridized carbons (Fsp3) is 0.536. The van der Waals surface area contributed by atoms with Crippen molar-refractivity contribution in [1.29, 1.82) is 0 Å². The maximum Gasteiger partial charge on any atom is 0.224 e. The number of benzene rings is 2. The average molecular weight is 482 g/mol. The number of carbonyl (C=O) groups is 1. The third-order valence-electron chi connectivity index (χ3n) is 7.74. The van der Waals surface area contributed by atoms with Gasteiger partial charge in [0.1, 0.15) is 0 Å². The van der Waals surface area contributed by atoms with E-state index in [2.05, 4.69) is 45.4 Å². The minimum atomic E-state index is 0.133. The number of hydrogen-bond donors (Lipinski definition) is 1. The molecule has 34 heavy (non-hydrogen) atoms. The van der Waals surface area contributed by atoms with E-state index in [4.69, 9.17) is 16.3 Å². The first-order chi connectivity index (χ1) is 16.6. The molecule has 0 saturated carbocycles. The van der Waals surface area contributed by atoms with E-state index in [0.29, 0.717) is 18.4 Å². The number of nitrogens with zero attached hydrogens (tertiary/aromatic N) is 2. The Kier molecular flexibility index (Phi) is 7.85. The highest BCUT2D eigenvalue weighted by molar-refractivity contribution is 6.30. The summed E-state index contributed by atoms with van der Waals surface area (Å²) in [6, 6.07) is 15.1. The Morgan fingerprint density at radius 3 is 2.65 bits per heavy atom. The first kappa shape index (κ1) is 23.8. The number of morpholine rings is 1. The fourth-order valence-electron chi connectivity index (χ4n) is 5.95. The van der Waals surface area contributed by atoms with E-state index in [1.54, 1.807) is 0 Å². The number of piperidine rings is 1. The standard InChI is InChI=1S/C28H36ClN3O2/c29-25-8-4-21(5-9-25)19-31-13-12-27(32-14-16-34-17-15-32)24(20-31)7-11-28(33)30-26-10-6-22-2-1-3-23(22)18-26/h4-6,8-10,18,24,27H,1-3,7,11-17,19-20H2,(H,30,33)/t24-,27+/m1/s1. The minimum Gasteiger partial charge on any atom is -0.379 e. The molecule has 2 aromatic rings. The minimum absolute atomic E-state index is 0.133. The summed E-state index contributed by atoms with van der Waals surface area (Å²) < 4.78 is 5.60. The molecule has 6 heteroatoms. The van der Waals surface area contributed by atoms with Crippen molar-refractivity contribution in [1.82, 2.24) is 9.80 Å². The molecule has 2 aromatic carbocycles. The van der Waals surface area contributed by atoms with Gasteiger partial charge in [-0.3, -0.25) is 14.6 Å². The van der Waals surface area contributed by atoms with Gasteiger partial charge in [-0.25, -0.2) is 0 Å². The van der Waals surface area contributed by atoms with Crippen molar-refractivity contribution in [3.8, 4) is 0 Å². The van der Waals surface area contributed by atoms with Crippen LogP contribution in [0.15, 0.2) is 42.5 Å². The highest BCUT2D eigenvalue weighted by Gasteiger charge is 2.34. The first-order valence-electron chi connectivity index (χ1n) is 12.8. The van der Waals surface area contributed by atoms with E-state index >= 15 is 0 Å². The number of likely N-dealkylation sites (tertiary alicyclic amines) is 1. The van der Waals surface area contributed by atoms with Gasteiger partial charge < -0.3 is 10.1 Å².